The smallest absolute Gasteiger partial charge is 0.183 e. The van der Waals surface area contributed by atoms with Gasteiger partial charge in [0.15, 0.2) is 5.13 Å². The molecule has 0 aliphatic rings. The lowest BCUT2D eigenvalue weighted by atomic mass is 10.0. The van der Waals surface area contributed by atoms with Crippen molar-refractivity contribution in [3.8, 4) is 0 Å². The van der Waals surface area contributed by atoms with Gasteiger partial charge in [0.1, 0.15) is 0 Å². The van der Waals surface area contributed by atoms with E-state index in [-0.39, 0.29) is 0 Å². The Morgan fingerprint density at radius 2 is 2.07 bits per heavy atom. The van der Waals surface area contributed by atoms with E-state index in [1.54, 1.807) is 11.3 Å². The van der Waals surface area contributed by atoms with E-state index in [4.69, 9.17) is 5.73 Å². The van der Waals surface area contributed by atoms with E-state index in [2.05, 4.69) is 31.1 Å². The molecule has 3 N–H and O–H groups in total. The van der Waals surface area contributed by atoms with Crippen LogP contribution in [0.1, 0.15) is 30.8 Å². The average Bonchev–Trinajstić information content (AvgIpc) is 2.45. The van der Waals surface area contributed by atoms with Gasteiger partial charge in [0, 0.05) is 10.9 Å². The quantitative estimate of drug-likeness (QED) is 0.813. The molecule has 0 saturated heterocycles. The zero-order valence-electron chi connectivity index (χ0n) is 10.0. The second kappa shape index (κ2) is 5.47. The van der Waals surface area contributed by atoms with Gasteiger partial charge in [0.25, 0.3) is 0 Å². The van der Waals surface area contributed by atoms with Crippen molar-refractivity contribution >= 4 is 16.5 Å². The van der Waals surface area contributed by atoms with Gasteiger partial charge in [-0.3, -0.25) is 0 Å². The summed E-state index contributed by atoms with van der Waals surface area (Å²) in [7, 11) is 0. The number of anilines is 1. The van der Waals surface area contributed by atoms with E-state index in [0.717, 1.165) is 23.8 Å². The molecule has 1 unspecified atom stereocenters. The number of aromatic nitrogens is 1. The third kappa shape index (κ3) is 3.47. The molecule has 1 atom stereocenters. The number of aryl methyl sites for hydroxylation is 2. The predicted octanol–water partition coefficient (Wildman–Crippen LogP) is 2.55. The highest BCUT2D eigenvalue weighted by molar-refractivity contribution is 7.15. The molecule has 1 aromatic heterocycles. The lowest BCUT2D eigenvalue weighted by molar-refractivity contribution is 0.498. The number of hydrogen-bond acceptors (Lipinski definition) is 4. The highest BCUT2D eigenvalue weighted by atomic mass is 32.1. The molecule has 4 heteroatoms. The second-order valence-corrected chi connectivity index (χ2v) is 5.44. The number of hydrogen-bond donors (Lipinski definition) is 2. The molecule has 15 heavy (non-hydrogen) atoms. The zero-order valence-corrected chi connectivity index (χ0v) is 10.8. The molecule has 0 aromatic carbocycles. The minimum absolute atomic E-state index is 0.431. The first kappa shape index (κ1) is 12.5. The topological polar surface area (TPSA) is 50.9 Å². The van der Waals surface area contributed by atoms with Crippen molar-refractivity contribution in [3.05, 3.63) is 10.6 Å². The van der Waals surface area contributed by atoms with Crippen molar-refractivity contribution < 1.29 is 0 Å². The normalized spacial score (nSPS) is 13.2. The summed E-state index contributed by atoms with van der Waals surface area (Å²) in [5, 5.41) is 4.49. The monoisotopic (exact) mass is 227 g/mol. The fourth-order valence-electron chi connectivity index (χ4n) is 1.44. The molecule has 1 aromatic rings. The number of rotatable bonds is 5. The third-order valence-corrected chi connectivity index (χ3v) is 3.62. The Bertz CT molecular complexity index is 287. The molecule has 0 amide bonds. The van der Waals surface area contributed by atoms with Crippen LogP contribution < -0.4 is 11.1 Å². The summed E-state index contributed by atoms with van der Waals surface area (Å²) in [6.45, 7) is 9.29. The molecule has 1 heterocycles. The second-order valence-electron chi connectivity index (χ2n) is 4.23. The molecule has 86 valence electrons. The molecule has 0 saturated carbocycles. The van der Waals surface area contributed by atoms with Gasteiger partial charge in [-0.1, -0.05) is 13.8 Å². The summed E-state index contributed by atoms with van der Waals surface area (Å²) in [6.07, 6.45) is 0.995. The van der Waals surface area contributed by atoms with Gasteiger partial charge in [-0.25, -0.2) is 4.98 Å². The average molecular weight is 227 g/mol. The minimum Gasteiger partial charge on any atom is -0.358 e. The van der Waals surface area contributed by atoms with Crippen molar-refractivity contribution in [1.82, 2.24) is 4.98 Å². The highest BCUT2D eigenvalue weighted by Gasteiger charge is 2.14. The maximum atomic E-state index is 5.60. The van der Waals surface area contributed by atoms with E-state index < -0.39 is 0 Å². The largest absolute Gasteiger partial charge is 0.358 e. The molecule has 1 rings (SSSR count). The van der Waals surface area contributed by atoms with E-state index in [0.29, 0.717) is 12.0 Å². The molecule has 0 bridgehead atoms. The first-order chi connectivity index (χ1) is 7.04. The van der Waals surface area contributed by atoms with Crippen LogP contribution in [0.3, 0.4) is 0 Å². The van der Waals surface area contributed by atoms with E-state index in [1.807, 2.05) is 6.92 Å². The maximum absolute atomic E-state index is 5.60. The Labute approximate surface area is 96.1 Å². The van der Waals surface area contributed by atoms with E-state index >= 15 is 0 Å². The van der Waals surface area contributed by atoms with Gasteiger partial charge >= 0.3 is 0 Å². The molecule has 0 fully saturated rings. The van der Waals surface area contributed by atoms with Gasteiger partial charge in [-0.2, -0.15) is 0 Å². The molecular weight excluding hydrogens is 206 g/mol. The van der Waals surface area contributed by atoms with Crippen LogP contribution in [-0.4, -0.2) is 17.6 Å². The van der Waals surface area contributed by atoms with Gasteiger partial charge in [-0.05, 0) is 32.7 Å². The minimum atomic E-state index is 0.431. The molecule has 3 nitrogen and oxygen atoms in total. The Hall–Kier alpha value is -0.610. The van der Waals surface area contributed by atoms with Gasteiger partial charge < -0.3 is 11.1 Å². The van der Waals surface area contributed by atoms with Crippen LogP contribution in [0.25, 0.3) is 0 Å². The summed E-state index contributed by atoms with van der Waals surface area (Å²) in [5.74, 6) is 0.582. The Kier molecular flexibility index (Phi) is 4.54. The van der Waals surface area contributed by atoms with Gasteiger partial charge in [0.05, 0.1) is 5.69 Å². The number of nitrogens with zero attached hydrogens (tertiary/aromatic N) is 1. The Morgan fingerprint density at radius 3 is 2.47 bits per heavy atom. The summed E-state index contributed by atoms with van der Waals surface area (Å²) in [4.78, 5) is 5.77. The fraction of sp³-hybridized carbons (Fsp3) is 0.727. The Balaban J connectivity index is 2.65. The summed E-state index contributed by atoms with van der Waals surface area (Å²) in [6, 6.07) is 0.431. The van der Waals surface area contributed by atoms with Crippen LogP contribution in [0, 0.1) is 19.8 Å². The SMILES string of the molecule is Cc1nc(NC(CCN)C(C)C)sc1C. The van der Waals surface area contributed by atoms with Crippen molar-refractivity contribution in [1.29, 1.82) is 0 Å². The van der Waals surface area contributed by atoms with Crippen LogP contribution in [0.2, 0.25) is 0 Å². The van der Waals surface area contributed by atoms with Crippen LogP contribution in [0.4, 0.5) is 5.13 Å². The van der Waals surface area contributed by atoms with Crippen LogP contribution in [0.5, 0.6) is 0 Å². The summed E-state index contributed by atoms with van der Waals surface area (Å²) in [5.41, 5.74) is 6.72. The van der Waals surface area contributed by atoms with Crippen LogP contribution in [-0.2, 0) is 0 Å². The molecule has 0 spiro atoms. The van der Waals surface area contributed by atoms with Gasteiger partial charge in [0.2, 0.25) is 0 Å². The molecule has 0 aliphatic heterocycles. The van der Waals surface area contributed by atoms with Crippen LogP contribution >= 0.6 is 11.3 Å². The van der Waals surface area contributed by atoms with Crippen molar-refractivity contribution in [2.45, 2.75) is 40.2 Å². The number of nitrogens with two attached hydrogens (primary N) is 1. The number of thiazole rings is 1. The standard InChI is InChI=1S/C11H21N3S/c1-7(2)10(5-6-12)14-11-13-8(3)9(4)15-11/h7,10H,5-6,12H2,1-4H3,(H,13,14). The lowest BCUT2D eigenvalue weighted by Crippen LogP contribution is -2.28. The predicted molar refractivity (Wildman–Crippen MR) is 67.5 cm³/mol. The van der Waals surface area contributed by atoms with E-state index in [1.165, 1.54) is 4.88 Å². The maximum Gasteiger partial charge on any atom is 0.183 e. The molecule has 0 radical (unpaired) electrons. The third-order valence-electron chi connectivity index (χ3n) is 2.62. The molecule has 0 aliphatic carbocycles. The zero-order chi connectivity index (χ0) is 11.4. The molecular formula is C11H21N3S. The van der Waals surface area contributed by atoms with Crippen LogP contribution in [0.15, 0.2) is 0 Å². The van der Waals surface area contributed by atoms with Crippen molar-refractivity contribution in [2.24, 2.45) is 11.7 Å². The lowest BCUT2D eigenvalue weighted by Gasteiger charge is -2.21. The first-order valence-electron chi connectivity index (χ1n) is 5.45. The van der Waals surface area contributed by atoms with Gasteiger partial charge in [-0.15, -0.1) is 11.3 Å². The highest BCUT2D eigenvalue weighted by Crippen LogP contribution is 2.23. The van der Waals surface area contributed by atoms with Crippen molar-refractivity contribution in [3.63, 3.8) is 0 Å². The number of nitrogens with one attached hydrogen (secondary N) is 1. The Morgan fingerprint density at radius 1 is 1.40 bits per heavy atom. The first-order valence-corrected chi connectivity index (χ1v) is 6.27. The van der Waals surface area contributed by atoms with Crippen molar-refractivity contribution in [2.75, 3.05) is 11.9 Å². The van der Waals surface area contributed by atoms with E-state index in [9.17, 15) is 0 Å². The fourth-order valence-corrected chi connectivity index (χ4v) is 2.32. The summed E-state index contributed by atoms with van der Waals surface area (Å²) >= 11 is 1.72. The summed E-state index contributed by atoms with van der Waals surface area (Å²) < 4.78 is 0.